The summed E-state index contributed by atoms with van der Waals surface area (Å²) < 4.78 is 111. The zero-order chi connectivity index (χ0) is 58.8. The molecule has 3 aliphatic heterocycles. The molecule has 0 aliphatic carbocycles. The molecule has 0 spiro atoms. The quantitative estimate of drug-likeness (QED) is 0.0231. The highest BCUT2D eigenvalue weighted by molar-refractivity contribution is 7.66. The third-order valence-electron chi connectivity index (χ3n) is 12.9. The number of aliphatic hydroxyl groups is 3. The third-order valence-corrected chi connectivity index (χ3v) is 18.2. The van der Waals surface area contributed by atoms with Crippen molar-refractivity contribution in [1.29, 1.82) is 0 Å². The van der Waals surface area contributed by atoms with Crippen LogP contribution in [-0.2, 0) is 75.8 Å². The van der Waals surface area contributed by atoms with Gasteiger partial charge in [-0.05, 0) is 6.42 Å². The number of carbonyl (C=O) groups is 1. The second-order valence-corrected chi connectivity index (χ2v) is 24.5. The predicted octanol–water partition coefficient (Wildman–Crippen LogP) is -3.59. The van der Waals surface area contributed by atoms with Crippen molar-refractivity contribution in [2.45, 2.75) is 80.4 Å². The van der Waals surface area contributed by atoms with Crippen molar-refractivity contribution < 1.29 is 108 Å². The van der Waals surface area contributed by atoms with Crippen LogP contribution in [0.2, 0.25) is 0 Å². The van der Waals surface area contributed by atoms with E-state index in [1.807, 2.05) is 0 Å². The van der Waals surface area contributed by atoms with Crippen LogP contribution in [0.25, 0.3) is 33.5 Å². The zero-order valence-corrected chi connectivity index (χ0v) is 45.9. The van der Waals surface area contributed by atoms with Crippen LogP contribution >= 0.6 is 31.3 Å². The van der Waals surface area contributed by atoms with Gasteiger partial charge in [0, 0.05) is 33.5 Å². The molecule has 1 amide bonds. The van der Waals surface area contributed by atoms with Gasteiger partial charge in [-0.3, -0.25) is 56.1 Å². The molecule has 3 fully saturated rings. The molecule has 15 N–H and O–H groups in total. The van der Waals surface area contributed by atoms with Crippen LogP contribution < -0.4 is 32.9 Å². The molecule has 6 aromatic heterocycles. The van der Waals surface area contributed by atoms with Crippen molar-refractivity contribution in [3.63, 3.8) is 0 Å². The van der Waals surface area contributed by atoms with E-state index in [1.54, 1.807) is 0 Å². The molecule has 6 aromatic rings. The first-order valence-corrected chi connectivity index (χ1v) is 29.5. The number of nitrogens with zero attached hydrogens (tertiary/aromatic N) is 11. The predicted molar refractivity (Wildman–Crippen MR) is 264 cm³/mol. The summed E-state index contributed by atoms with van der Waals surface area (Å²) in [4.78, 5) is 111. The highest BCUT2D eigenvalue weighted by atomic mass is 31.3. The summed E-state index contributed by atoms with van der Waals surface area (Å²) in [5, 5.41) is 33.3. The maximum Gasteiger partial charge on any atom is 0.490 e. The number of aromatic nitrogens is 12. The van der Waals surface area contributed by atoms with E-state index in [1.165, 1.54) is 46.1 Å². The molecule has 0 radical (unpaired) electrons. The van der Waals surface area contributed by atoms with Gasteiger partial charge in [0.1, 0.15) is 54.6 Å². The second-order valence-electron chi connectivity index (χ2n) is 18.5. The van der Waals surface area contributed by atoms with Gasteiger partial charge in [-0.15, -0.1) is 0 Å². The number of nitrogens with one attached hydrogen (secondary N) is 2. The van der Waals surface area contributed by atoms with E-state index in [9.17, 15) is 67.5 Å². The van der Waals surface area contributed by atoms with Crippen LogP contribution in [0.3, 0.4) is 0 Å². The SMILES string of the molecule is CO[C@@H]1[C@H](OP(=O)(O)OC[C@H]2O[C@@H](n3cnc4c(=O)[nH]c(N)nc43)[C@H](O)[C@@H]2O)[C@@H](COP(=O)(O)OP(=O)(O)OP(=O)(O)OC[C@H]2OC([n+]3cn(C)c4c(=O)[nH]c(N)nc43)[C@H](O)[C@@H]2CCC(=O)N(C)C)O[C@H]1n1cnc2c(N)ncnc21. The van der Waals surface area contributed by atoms with Crippen LogP contribution in [0.15, 0.2) is 34.9 Å². The minimum absolute atomic E-state index is 0.00646. The molecule has 16 atom stereocenters. The molecule has 5 unspecified atom stereocenters. The average molecular weight is 1230 g/mol. The molecular formula is C37H53N16O24P4+. The number of aryl methyl sites for hydroxylation is 1. The molecule has 0 aromatic carbocycles. The van der Waals surface area contributed by atoms with E-state index in [2.05, 4.69) is 48.5 Å². The van der Waals surface area contributed by atoms with Crippen LogP contribution in [0.5, 0.6) is 0 Å². The van der Waals surface area contributed by atoms with Gasteiger partial charge in [-0.2, -0.15) is 13.6 Å². The van der Waals surface area contributed by atoms with Crippen molar-refractivity contribution >= 4 is 88.4 Å². The largest absolute Gasteiger partial charge is 0.490 e. The molecule has 3 saturated heterocycles. The summed E-state index contributed by atoms with van der Waals surface area (Å²) in [6, 6.07) is 0. The number of hydrogen-bond acceptors (Lipinski definition) is 29. The summed E-state index contributed by atoms with van der Waals surface area (Å²) in [7, 11) is -18.0. The Labute approximate surface area is 451 Å². The zero-order valence-electron chi connectivity index (χ0n) is 42.3. The van der Waals surface area contributed by atoms with Crippen molar-refractivity contribution in [3.05, 3.63) is 46.0 Å². The molecule has 44 heteroatoms. The fraction of sp³-hybridized carbons (Fsp3) is 0.568. The molecule has 0 bridgehead atoms. The van der Waals surface area contributed by atoms with E-state index in [0.717, 1.165) is 30.7 Å². The summed E-state index contributed by atoms with van der Waals surface area (Å²) >= 11 is 0. The van der Waals surface area contributed by atoms with Crippen molar-refractivity contribution in [1.82, 2.24) is 58.5 Å². The lowest BCUT2D eigenvalue weighted by molar-refractivity contribution is -0.745. The van der Waals surface area contributed by atoms with Gasteiger partial charge < -0.3 is 75.9 Å². The van der Waals surface area contributed by atoms with Crippen LogP contribution in [0.1, 0.15) is 31.5 Å². The first-order valence-electron chi connectivity index (χ1n) is 23.5. The number of anilines is 3. The number of nitrogen functional groups attached to an aromatic ring is 3. The Hall–Kier alpha value is -5.64. The number of aliphatic hydroxyl groups excluding tert-OH is 3. The molecule has 0 saturated carbocycles. The van der Waals surface area contributed by atoms with Gasteiger partial charge in [0.05, 0.1) is 45.6 Å². The Morgan fingerprint density at radius 1 is 0.728 bits per heavy atom. The summed E-state index contributed by atoms with van der Waals surface area (Å²) in [5.74, 6) is -2.17. The summed E-state index contributed by atoms with van der Waals surface area (Å²) in [6.45, 7) is -3.27. The normalized spacial score (nSPS) is 29.0. The highest BCUT2D eigenvalue weighted by Gasteiger charge is 2.54. The Morgan fingerprint density at radius 2 is 1.32 bits per heavy atom. The number of carbonyl (C=O) groups excluding carboxylic acids is 1. The van der Waals surface area contributed by atoms with Crippen molar-refractivity contribution in [3.8, 4) is 0 Å². The highest BCUT2D eigenvalue weighted by Crippen LogP contribution is 2.68. The number of imidazole rings is 3. The van der Waals surface area contributed by atoms with E-state index in [4.69, 9.17) is 54.2 Å². The smallest absolute Gasteiger partial charge is 0.387 e. The van der Waals surface area contributed by atoms with Crippen molar-refractivity contribution in [2.24, 2.45) is 13.0 Å². The lowest BCUT2D eigenvalue weighted by atomic mass is 9.92. The van der Waals surface area contributed by atoms with E-state index >= 15 is 0 Å². The number of H-pyrrole nitrogens is 2. The number of methoxy groups -OCH3 is 1. The van der Waals surface area contributed by atoms with E-state index in [0.29, 0.717) is 0 Å². The standard InChI is InChI=1S/C37H52N16O24P4/c1-49(2)18(54)6-5-14-15(72-33(22(14)55)53-13-50(3)21-30(53)46-37(40)48-32(21)59)7-70-79(62,63)76-81(66,67)77-80(64,65)71-9-17-25(26(68-4)35(74-17)51-11-43-19-27(38)41-10-42-28(19)51)75-78(60,61)69-8-16-23(56)24(57)34(73-16)52-12-44-20-29(52)45-36(39)47-31(20)58/h10-17,22-26,33-35,55-57H,5-9H2,1-4H3,(H11-,38,39,40,41,42,45,46,47,48,58,59,60,61,62,63,64,65,66,67)/p+1/t14-,15-,16-,17-,22-,23-,24-,25-,26-,33?,34-,35-/m1/s1. The summed E-state index contributed by atoms with van der Waals surface area (Å²) in [5.41, 5.74) is 15.7. The number of aromatic amines is 2. The lowest BCUT2D eigenvalue weighted by Gasteiger charge is -2.26. The molecule has 40 nitrogen and oxygen atoms in total. The molecule has 444 valence electrons. The lowest BCUT2D eigenvalue weighted by Crippen LogP contribution is -2.45. The Balaban J connectivity index is 0.878. The molecule has 9 heterocycles. The number of amides is 1. The fourth-order valence-corrected chi connectivity index (χ4v) is 13.7. The van der Waals surface area contributed by atoms with Crippen LogP contribution in [0, 0.1) is 5.92 Å². The first kappa shape index (κ1) is 60.0. The third kappa shape index (κ3) is 12.5. The Bertz CT molecular complexity index is 3670. The van der Waals surface area contributed by atoms with E-state index in [-0.39, 0.29) is 70.0 Å². The summed E-state index contributed by atoms with van der Waals surface area (Å²) in [6.07, 6.45) is -13.5. The molecular weight excluding hydrogens is 1180 g/mol. The topological polar surface area (TPSA) is 562 Å². The van der Waals surface area contributed by atoms with Gasteiger partial charge in [-0.25, -0.2) is 42.8 Å². The first-order chi connectivity index (χ1) is 38.0. The van der Waals surface area contributed by atoms with Gasteiger partial charge in [0.15, 0.2) is 41.4 Å². The number of ether oxygens (including phenoxy) is 4. The Morgan fingerprint density at radius 3 is 1.99 bits per heavy atom. The Kier molecular flexibility index (Phi) is 16.9. The van der Waals surface area contributed by atoms with E-state index < -0.39 is 136 Å². The van der Waals surface area contributed by atoms with Gasteiger partial charge >= 0.3 is 36.9 Å². The van der Waals surface area contributed by atoms with Crippen molar-refractivity contribution in [2.75, 3.05) is 58.2 Å². The average Bonchev–Trinajstić information content (AvgIpc) is 4.45. The second kappa shape index (κ2) is 22.8. The maximum absolute atomic E-state index is 13.8. The maximum atomic E-state index is 13.8. The number of rotatable bonds is 22. The minimum Gasteiger partial charge on any atom is -0.387 e. The van der Waals surface area contributed by atoms with Gasteiger partial charge in [-0.1, -0.05) is 4.98 Å². The van der Waals surface area contributed by atoms with Gasteiger partial charge in [0.25, 0.3) is 17.1 Å². The monoisotopic (exact) mass is 1230 g/mol. The van der Waals surface area contributed by atoms with Crippen LogP contribution in [0.4, 0.5) is 17.7 Å². The number of fused-ring (bicyclic) bond motifs is 3. The fourth-order valence-electron chi connectivity index (χ4n) is 9.25. The van der Waals surface area contributed by atoms with Gasteiger partial charge in [0.2, 0.25) is 23.6 Å². The molecule has 3 aliphatic rings. The number of phosphoric ester groups is 3. The number of phosphoric acid groups is 4. The van der Waals surface area contributed by atoms with Crippen LogP contribution in [-0.4, -0.2) is 189 Å². The molecule has 81 heavy (non-hydrogen) atoms. The minimum atomic E-state index is -6.23. The number of hydrogen-bond donors (Lipinski definition) is 12. The number of nitrogens with two attached hydrogens (primary N) is 3. The molecule has 9 rings (SSSR count).